The van der Waals surface area contributed by atoms with Gasteiger partial charge in [0.15, 0.2) is 5.58 Å². The van der Waals surface area contributed by atoms with Gasteiger partial charge in [0.1, 0.15) is 11.6 Å². The van der Waals surface area contributed by atoms with Crippen molar-refractivity contribution in [3.63, 3.8) is 0 Å². The van der Waals surface area contributed by atoms with Gasteiger partial charge in [-0.3, -0.25) is 4.98 Å². The fraction of sp³-hybridized carbons (Fsp3) is 0.600. The zero-order chi connectivity index (χ0) is 25.4. The van der Waals surface area contributed by atoms with Crippen LogP contribution in [0.4, 0.5) is 5.82 Å². The van der Waals surface area contributed by atoms with Gasteiger partial charge in [-0.05, 0) is 54.9 Å². The van der Waals surface area contributed by atoms with Gasteiger partial charge >= 0.3 is 0 Å². The molecule has 1 atom stereocenters. The normalized spacial score (nSPS) is 17.5. The van der Waals surface area contributed by atoms with Crippen molar-refractivity contribution >= 4 is 16.8 Å². The third kappa shape index (κ3) is 4.25. The lowest BCUT2D eigenvalue weighted by molar-refractivity contribution is 0.473. The van der Waals surface area contributed by atoms with E-state index in [1.54, 1.807) is 0 Å². The number of nitrogens with zero attached hydrogens (tertiary/aromatic N) is 3. The minimum Gasteiger partial charge on any atom is -0.458 e. The number of hydrogen-bond donors (Lipinski definition) is 0. The van der Waals surface area contributed by atoms with E-state index in [4.69, 9.17) is 14.4 Å². The van der Waals surface area contributed by atoms with Crippen molar-refractivity contribution in [2.24, 2.45) is 0 Å². The maximum absolute atomic E-state index is 6.77. The van der Waals surface area contributed by atoms with Crippen LogP contribution in [0.5, 0.6) is 0 Å². The molecule has 0 bridgehead atoms. The number of fused-ring (bicyclic) bond motifs is 2. The molecule has 0 N–H and O–H groups in total. The molecule has 0 radical (unpaired) electrons. The Morgan fingerprint density at radius 2 is 1.44 bits per heavy atom. The van der Waals surface area contributed by atoms with Gasteiger partial charge in [0.05, 0.1) is 11.6 Å². The van der Waals surface area contributed by atoms with Crippen LogP contribution in [-0.2, 0) is 16.2 Å². The molecule has 3 aromatic heterocycles. The van der Waals surface area contributed by atoms with Crippen molar-refractivity contribution in [2.75, 3.05) is 11.4 Å². The van der Waals surface area contributed by atoms with E-state index in [0.717, 1.165) is 29.4 Å². The zero-order valence-corrected chi connectivity index (χ0v) is 23.3. The van der Waals surface area contributed by atoms with Gasteiger partial charge in [0, 0.05) is 40.8 Å². The van der Waals surface area contributed by atoms with Crippen molar-refractivity contribution in [3.05, 3.63) is 52.7 Å². The monoisotopic (exact) mass is 461 g/mol. The number of aromatic nitrogens is 2. The van der Waals surface area contributed by atoms with Crippen LogP contribution in [0.1, 0.15) is 117 Å². The third-order valence-electron chi connectivity index (χ3n) is 7.01. The molecule has 1 aliphatic heterocycles. The molecule has 3 aromatic rings. The van der Waals surface area contributed by atoms with Crippen molar-refractivity contribution in [1.82, 2.24) is 9.97 Å². The number of rotatable bonds is 1. The number of anilines is 1. The predicted octanol–water partition coefficient (Wildman–Crippen LogP) is 7.87. The summed E-state index contributed by atoms with van der Waals surface area (Å²) in [5.74, 6) is 2.23. The predicted molar refractivity (Wildman–Crippen MR) is 143 cm³/mol. The minimum atomic E-state index is -0.101. The molecule has 0 spiro atoms. The van der Waals surface area contributed by atoms with E-state index in [1.165, 1.54) is 22.1 Å². The second-order valence-electron chi connectivity index (χ2n) is 14.1. The van der Waals surface area contributed by atoms with E-state index in [9.17, 15) is 0 Å². The number of pyridine rings is 2. The maximum atomic E-state index is 6.77. The highest BCUT2D eigenvalue weighted by molar-refractivity contribution is 5.85. The van der Waals surface area contributed by atoms with Gasteiger partial charge in [-0.1, -0.05) is 62.3 Å². The Balaban J connectivity index is 1.96. The first-order chi connectivity index (χ1) is 15.4. The molecule has 0 saturated heterocycles. The summed E-state index contributed by atoms with van der Waals surface area (Å²) in [5, 5.41) is 1.19. The number of furan rings is 1. The van der Waals surface area contributed by atoms with Gasteiger partial charge in [0.2, 0.25) is 0 Å². The second-order valence-corrected chi connectivity index (χ2v) is 14.1. The Labute approximate surface area is 206 Å². The molecule has 0 aromatic carbocycles. The first-order valence-corrected chi connectivity index (χ1v) is 12.6. The summed E-state index contributed by atoms with van der Waals surface area (Å²) < 4.78 is 6.77. The lowest BCUT2D eigenvalue weighted by atomic mass is 9.83. The first kappa shape index (κ1) is 24.8. The van der Waals surface area contributed by atoms with E-state index in [-0.39, 0.29) is 27.7 Å². The van der Waals surface area contributed by atoms with E-state index in [2.05, 4.69) is 113 Å². The average Bonchev–Trinajstić information content (AvgIpc) is 3.25. The van der Waals surface area contributed by atoms with Crippen LogP contribution in [0.15, 0.2) is 28.9 Å². The summed E-state index contributed by atoms with van der Waals surface area (Å²) in [7, 11) is 0. The van der Waals surface area contributed by atoms with Crippen molar-refractivity contribution in [3.8, 4) is 0 Å². The van der Waals surface area contributed by atoms with Crippen LogP contribution < -0.4 is 4.90 Å². The van der Waals surface area contributed by atoms with Crippen molar-refractivity contribution in [2.45, 2.75) is 111 Å². The largest absolute Gasteiger partial charge is 0.458 e. The Morgan fingerprint density at radius 3 is 1.97 bits per heavy atom. The highest BCUT2D eigenvalue weighted by atomic mass is 16.3. The van der Waals surface area contributed by atoms with Crippen LogP contribution in [0, 0.1) is 0 Å². The molecule has 184 valence electrons. The Morgan fingerprint density at radius 1 is 0.794 bits per heavy atom. The van der Waals surface area contributed by atoms with E-state index in [1.807, 2.05) is 0 Å². The van der Waals surface area contributed by atoms with Crippen LogP contribution >= 0.6 is 0 Å². The molecular formula is C30H43N3O. The summed E-state index contributed by atoms with van der Waals surface area (Å²) in [4.78, 5) is 12.3. The SMILES string of the molecule is CC(C)(C)c1cnc2c(c1)C(c1cc3c(C(C)(C)C)cnc(C(C)(C)C)c3o1)CN2C(C)(C)C. The van der Waals surface area contributed by atoms with Gasteiger partial charge in [-0.15, -0.1) is 0 Å². The summed E-state index contributed by atoms with van der Waals surface area (Å²) in [6.07, 6.45) is 4.11. The van der Waals surface area contributed by atoms with Gasteiger partial charge in [0.25, 0.3) is 0 Å². The Kier molecular flexibility index (Phi) is 5.51. The molecular weight excluding hydrogens is 418 g/mol. The smallest absolute Gasteiger partial charge is 0.156 e. The van der Waals surface area contributed by atoms with E-state index < -0.39 is 0 Å². The molecule has 1 aliphatic rings. The van der Waals surface area contributed by atoms with Crippen LogP contribution in [-0.4, -0.2) is 22.1 Å². The number of hydrogen-bond acceptors (Lipinski definition) is 4. The van der Waals surface area contributed by atoms with Gasteiger partial charge < -0.3 is 9.32 Å². The lowest BCUT2D eigenvalue weighted by Crippen LogP contribution is -2.41. The molecule has 4 heteroatoms. The quantitative estimate of drug-likeness (QED) is 0.370. The molecule has 4 heterocycles. The first-order valence-electron chi connectivity index (χ1n) is 12.6. The van der Waals surface area contributed by atoms with Crippen LogP contribution in [0.2, 0.25) is 0 Å². The molecule has 0 aliphatic carbocycles. The fourth-order valence-corrected chi connectivity index (χ4v) is 4.92. The van der Waals surface area contributed by atoms with E-state index in [0.29, 0.717) is 0 Å². The fourth-order valence-electron chi connectivity index (χ4n) is 4.92. The van der Waals surface area contributed by atoms with Crippen LogP contribution in [0.25, 0.3) is 11.0 Å². The van der Waals surface area contributed by atoms with Crippen molar-refractivity contribution < 1.29 is 4.42 Å². The van der Waals surface area contributed by atoms with Gasteiger partial charge in [-0.2, -0.15) is 0 Å². The van der Waals surface area contributed by atoms with E-state index >= 15 is 0 Å². The van der Waals surface area contributed by atoms with Gasteiger partial charge in [-0.25, -0.2) is 4.98 Å². The molecule has 0 saturated carbocycles. The molecule has 34 heavy (non-hydrogen) atoms. The Hall–Kier alpha value is -2.36. The molecule has 0 amide bonds. The standard InChI is InChI=1S/C30H43N3O/c1-27(2,3)18-13-19-21(17-33(30(10,11)12)26(19)32-15-18)23-14-20-22(28(4,5)6)16-31-25(24(20)34-23)29(7,8)9/h13-16,21H,17H2,1-12H3. The summed E-state index contributed by atoms with van der Waals surface area (Å²) in [6.45, 7) is 27.8. The minimum absolute atomic E-state index is 0.0191. The summed E-state index contributed by atoms with van der Waals surface area (Å²) in [5.41, 5.74) is 5.61. The summed E-state index contributed by atoms with van der Waals surface area (Å²) >= 11 is 0. The lowest BCUT2D eigenvalue weighted by Gasteiger charge is -2.34. The highest BCUT2D eigenvalue weighted by Gasteiger charge is 2.39. The van der Waals surface area contributed by atoms with Crippen LogP contribution in [0.3, 0.4) is 0 Å². The average molecular weight is 462 g/mol. The highest BCUT2D eigenvalue weighted by Crippen LogP contribution is 2.46. The summed E-state index contributed by atoms with van der Waals surface area (Å²) in [6, 6.07) is 4.65. The second kappa shape index (κ2) is 7.57. The van der Waals surface area contributed by atoms with Crippen molar-refractivity contribution in [1.29, 1.82) is 0 Å². The topological polar surface area (TPSA) is 42.2 Å². The third-order valence-corrected chi connectivity index (χ3v) is 7.01. The maximum Gasteiger partial charge on any atom is 0.156 e. The molecule has 1 unspecified atom stereocenters. The molecule has 4 rings (SSSR count). The molecule has 0 fully saturated rings. The Bertz CT molecular complexity index is 1170. The molecule has 4 nitrogen and oxygen atoms in total. The zero-order valence-electron chi connectivity index (χ0n) is 23.3.